The molecule has 0 N–H and O–H groups in total. The van der Waals surface area contributed by atoms with Crippen LogP contribution in [0, 0.1) is 5.82 Å². The summed E-state index contributed by atoms with van der Waals surface area (Å²) >= 11 is 3.40. The Balaban J connectivity index is 2.49. The zero-order valence-electron chi connectivity index (χ0n) is 7.54. The molecular formula is C10H8BrFN2. The predicted molar refractivity (Wildman–Crippen MR) is 56.3 cm³/mol. The predicted octanol–water partition coefficient (Wildman–Crippen LogP) is 2.99. The van der Waals surface area contributed by atoms with Crippen LogP contribution in [0.2, 0.25) is 0 Å². The number of benzene rings is 1. The maximum absolute atomic E-state index is 12.7. The van der Waals surface area contributed by atoms with Crippen LogP contribution in [0.5, 0.6) is 0 Å². The second-order valence-electron chi connectivity index (χ2n) is 3.01. The molecule has 0 atom stereocenters. The van der Waals surface area contributed by atoms with Gasteiger partial charge >= 0.3 is 0 Å². The SMILES string of the molecule is Cn1cc(Br)c(-c2ccc(F)cc2)n1. The summed E-state index contributed by atoms with van der Waals surface area (Å²) in [6.07, 6.45) is 1.86. The summed E-state index contributed by atoms with van der Waals surface area (Å²) in [7, 11) is 1.85. The van der Waals surface area contributed by atoms with Crippen LogP contribution in [0.3, 0.4) is 0 Å². The zero-order chi connectivity index (χ0) is 10.1. The van der Waals surface area contributed by atoms with Gasteiger partial charge in [0.2, 0.25) is 0 Å². The van der Waals surface area contributed by atoms with Gasteiger partial charge in [-0.15, -0.1) is 0 Å². The van der Waals surface area contributed by atoms with E-state index in [9.17, 15) is 4.39 Å². The molecule has 2 rings (SSSR count). The minimum absolute atomic E-state index is 0.235. The molecule has 1 aromatic carbocycles. The van der Waals surface area contributed by atoms with Crippen LogP contribution in [0.15, 0.2) is 34.9 Å². The van der Waals surface area contributed by atoms with Gasteiger partial charge in [0.15, 0.2) is 0 Å². The molecule has 2 aromatic rings. The Morgan fingerprint density at radius 2 is 1.93 bits per heavy atom. The molecule has 0 radical (unpaired) electrons. The molecule has 14 heavy (non-hydrogen) atoms. The van der Waals surface area contributed by atoms with Crippen molar-refractivity contribution in [3.05, 3.63) is 40.8 Å². The molecule has 0 saturated carbocycles. The molecule has 2 nitrogen and oxygen atoms in total. The van der Waals surface area contributed by atoms with Crippen molar-refractivity contribution in [1.82, 2.24) is 9.78 Å². The summed E-state index contributed by atoms with van der Waals surface area (Å²) < 4.78 is 15.3. The lowest BCUT2D eigenvalue weighted by atomic mass is 10.1. The Bertz CT molecular complexity index is 448. The summed E-state index contributed by atoms with van der Waals surface area (Å²) in [5, 5.41) is 4.26. The van der Waals surface area contributed by atoms with Crippen molar-refractivity contribution in [2.45, 2.75) is 0 Å². The molecule has 0 aliphatic rings. The Morgan fingerprint density at radius 3 is 2.43 bits per heavy atom. The van der Waals surface area contributed by atoms with Gasteiger partial charge in [-0.05, 0) is 40.2 Å². The highest BCUT2D eigenvalue weighted by atomic mass is 79.9. The van der Waals surface area contributed by atoms with Crippen LogP contribution in [-0.4, -0.2) is 9.78 Å². The maximum Gasteiger partial charge on any atom is 0.123 e. The van der Waals surface area contributed by atoms with E-state index in [-0.39, 0.29) is 5.82 Å². The molecule has 0 aliphatic carbocycles. The van der Waals surface area contributed by atoms with Crippen molar-refractivity contribution in [3.63, 3.8) is 0 Å². The molecule has 0 fully saturated rings. The third-order valence-corrected chi connectivity index (χ3v) is 2.48. The average Bonchev–Trinajstić information content (AvgIpc) is 2.47. The van der Waals surface area contributed by atoms with Crippen molar-refractivity contribution in [3.8, 4) is 11.3 Å². The number of aromatic nitrogens is 2. The highest BCUT2D eigenvalue weighted by Gasteiger charge is 2.06. The van der Waals surface area contributed by atoms with Crippen molar-refractivity contribution in [2.75, 3.05) is 0 Å². The molecule has 1 aromatic heterocycles. The van der Waals surface area contributed by atoms with E-state index in [1.807, 2.05) is 13.2 Å². The van der Waals surface area contributed by atoms with Crippen molar-refractivity contribution < 1.29 is 4.39 Å². The Kier molecular flexibility index (Phi) is 2.37. The van der Waals surface area contributed by atoms with Gasteiger partial charge in [0, 0.05) is 18.8 Å². The standard InChI is InChI=1S/C10H8BrFN2/c1-14-6-9(11)10(13-14)7-2-4-8(12)5-3-7/h2-6H,1H3. The first kappa shape index (κ1) is 9.40. The number of nitrogens with zero attached hydrogens (tertiary/aromatic N) is 2. The molecular weight excluding hydrogens is 247 g/mol. The number of hydrogen-bond donors (Lipinski definition) is 0. The molecule has 0 unspecified atom stereocenters. The summed E-state index contributed by atoms with van der Waals surface area (Å²) in [6, 6.07) is 6.28. The second kappa shape index (κ2) is 3.53. The second-order valence-corrected chi connectivity index (χ2v) is 3.86. The van der Waals surface area contributed by atoms with Crippen LogP contribution in [0.4, 0.5) is 4.39 Å². The quantitative estimate of drug-likeness (QED) is 0.765. The lowest BCUT2D eigenvalue weighted by Gasteiger charge is -1.96. The summed E-state index contributed by atoms with van der Waals surface area (Å²) in [6.45, 7) is 0. The van der Waals surface area contributed by atoms with Crippen LogP contribution >= 0.6 is 15.9 Å². The molecule has 0 amide bonds. The largest absolute Gasteiger partial charge is 0.274 e. The zero-order valence-corrected chi connectivity index (χ0v) is 9.12. The van der Waals surface area contributed by atoms with E-state index >= 15 is 0 Å². The van der Waals surface area contributed by atoms with E-state index in [4.69, 9.17) is 0 Å². The van der Waals surface area contributed by atoms with E-state index in [0.29, 0.717) is 0 Å². The molecule has 0 aliphatic heterocycles. The van der Waals surface area contributed by atoms with E-state index < -0.39 is 0 Å². The lowest BCUT2D eigenvalue weighted by molar-refractivity contribution is 0.628. The fourth-order valence-corrected chi connectivity index (χ4v) is 1.87. The maximum atomic E-state index is 12.7. The van der Waals surface area contributed by atoms with Gasteiger partial charge in [0.25, 0.3) is 0 Å². The van der Waals surface area contributed by atoms with Gasteiger partial charge in [0.05, 0.1) is 4.47 Å². The fourth-order valence-electron chi connectivity index (χ4n) is 1.26. The van der Waals surface area contributed by atoms with Gasteiger partial charge in [-0.3, -0.25) is 4.68 Å². The third kappa shape index (κ3) is 1.70. The Morgan fingerprint density at radius 1 is 1.29 bits per heavy atom. The van der Waals surface area contributed by atoms with E-state index in [1.165, 1.54) is 12.1 Å². The highest BCUT2D eigenvalue weighted by molar-refractivity contribution is 9.10. The summed E-state index contributed by atoms with van der Waals surface area (Å²) in [5.41, 5.74) is 1.73. The Hall–Kier alpha value is -1.16. The normalized spacial score (nSPS) is 10.5. The van der Waals surface area contributed by atoms with Crippen LogP contribution in [-0.2, 0) is 7.05 Å². The molecule has 0 saturated heterocycles. The highest BCUT2D eigenvalue weighted by Crippen LogP contribution is 2.26. The molecule has 4 heteroatoms. The molecule has 72 valence electrons. The van der Waals surface area contributed by atoms with Crippen molar-refractivity contribution >= 4 is 15.9 Å². The van der Waals surface area contributed by atoms with Gasteiger partial charge in [-0.1, -0.05) is 0 Å². The van der Waals surface area contributed by atoms with Gasteiger partial charge in [-0.2, -0.15) is 5.10 Å². The van der Waals surface area contributed by atoms with Gasteiger partial charge in [-0.25, -0.2) is 4.39 Å². The molecule has 0 spiro atoms. The number of hydrogen-bond acceptors (Lipinski definition) is 1. The van der Waals surface area contributed by atoms with Crippen LogP contribution in [0.25, 0.3) is 11.3 Å². The van der Waals surface area contributed by atoms with Gasteiger partial charge < -0.3 is 0 Å². The number of rotatable bonds is 1. The van der Waals surface area contributed by atoms with E-state index in [0.717, 1.165) is 15.7 Å². The third-order valence-electron chi connectivity index (χ3n) is 1.90. The first-order valence-electron chi connectivity index (χ1n) is 4.12. The van der Waals surface area contributed by atoms with E-state index in [2.05, 4.69) is 21.0 Å². The minimum atomic E-state index is -0.235. The van der Waals surface area contributed by atoms with E-state index in [1.54, 1.807) is 16.8 Å². The summed E-state index contributed by atoms with van der Waals surface area (Å²) in [4.78, 5) is 0. The Labute approximate surface area is 89.5 Å². The van der Waals surface area contributed by atoms with Gasteiger partial charge in [0.1, 0.15) is 11.5 Å². The monoisotopic (exact) mass is 254 g/mol. The van der Waals surface area contributed by atoms with Crippen molar-refractivity contribution in [1.29, 1.82) is 0 Å². The smallest absolute Gasteiger partial charge is 0.123 e. The average molecular weight is 255 g/mol. The van der Waals surface area contributed by atoms with Crippen LogP contribution in [0.1, 0.15) is 0 Å². The van der Waals surface area contributed by atoms with Crippen molar-refractivity contribution in [2.24, 2.45) is 7.05 Å². The minimum Gasteiger partial charge on any atom is -0.274 e. The summed E-state index contributed by atoms with van der Waals surface area (Å²) in [5.74, 6) is -0.235. The number of halogens is 2. The first-order valence-corrected chi connectivity index (χ1v) is 4.91. The molecule has 0 bridgehead atoms. The fraction of sp³-hybridized carbons (Fsp3) is 0.100. The lowest BCUT2D eigenvalue weighted by Crippen LogP contribution is -1.87. The molecule has 1 heterocycles. The number of aryl methyl sites for hydroxylation is 1. The van der Waals surface area contributed by atoms with Crippen LogP contribution < -0.4 is 0 Å². The topological polar surface area (TPSA) is 17.8 Å². The first-order chi connectivity index (χ1) is 6.66.